The van der Waals surface area contributed by atoms with E-state index in [1.54, 1.807) is 12.1 Å². The van der Waals surface area contributed by atoms with Gasteiger partial charge in [0.1, 0.15) is 34.7 Å². The molecule has 0 amide bonds. The molecule has 3 aromatic carbocycles. The van der Waals surface area contributed by atoms with Gasteiger partial charge in [-0.05, 0) is 96.0 Å². The first kappa shape index (κ1) is 36.0. The van der Waals surface area contributed by atoms with Crippen LogP contribution in [0.15, 0.2) is 66.2 Å². The van der Waals surface area contributed by atoms with Gasteiger partial charge in [0, 0.05) is 48.3 Å². The monoisotopic (exact) mass is 732 g/mol. The second-order valence-corrected chi connectivity index (χ2v) is 15.7. The Kier molecular flexibility index (Phi) is 9.59. The fourth-order valence-electron chi connectivity index (χ4n) is 9.72. The molecule has 280 valence electrons. The standard InChI is InChI=1S/C44H44O10/c45-23-26-12-29(17-33(47)14-26)27-6-7-28-21-42(50)53-40-22-39(49)30(19-35(28)40)20-41-44(52)10-2-5-34-36(38(48)9-8-37(34)44)15-25-4-1-3-24(11-25)13-32(46)18-31(16-27)43(51)54-41/h1,3-4,11-12,14,17-19,22,27-28,32,34,36-37,41,45-47,49,52H,2,5,8-10,13,15-16,20-21,23H2. The van der Waals surface area contributed by atoms with Crippen LogP contribution in [0.25, 0.3) is 0 Å². The number of aromatic hydroxyl groups is 2. The average Bonchev–Trinajstić information content (AvgIpc) is 3.14. The van der Waals surface area contributed by atoms with Crippen LogP contribution in [0.5, 0.6) is 17.2 Å². The predicted molar refractivity (Wildman–Crippen MR) is 195 cm³/mol. The van der Waals surface area contributed by atoms with Crippen molar-refractivity contribution in [2.75, 3.05) is 0 Å². The van der Waals surface area contributed by atoms with Crippen molar-refractivity contribution in [2.45, 2.75) is 100 Å². The number of hydrogen-bond donors (Lipinski definition) is 5. The summed E-state index contributed by atoms with van der Waals surface area (Å²) >= 11 is 0. The molecule has 2 saturated carbocycles. The Labute approximate surface area is 313 Å². The maximum atomic E-state index is 14.7. The third kappa shape index (κ3) is 6.92. The smallest absolute Gasteiger partial charge is 0.334 e. The van der Waals surface area contributed by atoms with E-state index in [9.17, 15) is 39.9 Å². The van der Waals surface area contributed by atoms with Crippen molar-refractivity contribution in [3.05, 3.63) is 99.6 Å². The van der Waals surface area contributed by atoms with Crippen LogP contribution < -0.4 is 4.74 Å². The first-order valence-electron chi connectivity index (χ1n) is 18.9. The molecule has 10 heteroatoms. The molecule has 3 aliphatic heterocycles. The number of esters is 2. The summed E-state index contributed by atoms with van der Waals surface area (Å²) in [5, 5.41) is 56.5. The number of phenols is 2. The molecule has 0 aromatic heterocycles. The van der Waals surface area contributed by atoms with E-state index in [-0.39, 0.29) is 85.1 Å². The van der Waals surface area contributed by atoms with Gasteiger partial charge in [-0.3, -0.25) is 9.59 Å². The summed E-state index contributed by atoms with van der Waals surface area (Å²) in [5.74, 6) is 2.91. The minimum atomic E-state index is -1.56. The van der Waals surface area contributed by atoms with E-state index < -0.39 is 41.6 Å². The van der Waals surface area contributed by atoms with Gasteiger partial charge < -0.3 is 35.0 Å². The van der Waals surface area contributed by atoms with Crippen LogP contribution in [-0.2, 0) is 45.0 Å². The number of rotatable bonds is 2. The number of aliphatic hydroxyl groups is 3. The predicted octanol–water partition coefficient (Wildman–Crippen LogP) is 4.84. The van der Waals surface area contributed by atoms with E-state index in [4.69, 9.17) is 9.47 Å². The van der Waals surface area contributed by atoms with Crippen molar-refractivity contribution < 1.29 is 49.4 Å². The third-order valence-corrected chi connectivity index (χ3v) is 12.3. The van der Waals surface area contributed by atoms with Crippen LogP contribution in [0.4, 0.5) is 0 Å². The Hall–Kier alpha value is -4.95. The molecule has 54 heavy (non-hydrogen) atoms. The van der Waals surface area contributed by atoms with E-state index in [2.05, 4.69) is 11.8 Å². The van der Waals surface area contributed by atoms with Gasteiger partial charge in [0.05, 0.1) is 25.0 Å². The quantitative estimate of drug-likeness (QED) is 0.140. The van der Waals surface area contributed by atoms with Crippen LogP contribution >= 0.6 is 0 Å². The van der Waals surface area contributed by atoms with Crippen LogP contribution in [0.2, 0.25) is 0 Å². The van der Waals surface area contributed by atoms with Crippen molar-refractivity contribution in [1.29, 1.82) is 0 Å². The summed E-state index contributed by atoms with van der Waals surface area (Å²) in [6.45, 7) is -0.354. The van der Waals surface area contributed by atoms with Crippen LogP contribution in [-0.4, -0.2) is 61.1 Å². The van der Waals surface area contributed by atoms with Gasteiger partial charge in [0.2, 0.25) is 0 Å². The van der Waals surface area contributed by atoms with Crippen molar-refractivity contribution in [3.63, 3.8) is 0 Å². The number of carbonyl (C=O) groups excluding carboxylic acids is 3. The fraction of sp³-hybridized carbons (Fsp3) is 0.432. The lowest BCUT2D eigenvalue weighted by Crippen LogP contribution is -2.59. The minimum Gasteiger partial charge on any atom is -0.508 e. The number of ether oxygens (including phenoxy) is 2. The van der Waals surface area contributed by atoms with Crippen LogP contribution in [0.3, 0.4) is 0 Å². The molecule has 0 spiro atoms. The zero-order valence-electron chi connectivity index (χ0n) is 29.9. The molecule has 8 unspecified atom stereocenters. The number of ketones is 1. The minimum absolute atomic E-state index is 0.0657. The number of phenolic OH excluding ortho intramolecular Hbond substituents is 2. The van der Waals surface area contributed by atoms with E-state index >= 15 is 0 Å². The maximum absolute atomic E-state index is 14.7. The van der Waals surface area contributed by atoms with E-state index in [1.807, 2.05) is 24.3 Å². The highest BCUT2D eigenvalue weighted by Gasteiger charge is 2.55. The van der Waals surface area contributed by atoms with E-state index in [0.717, 1.165) is 17.5 Å². The largest absolute Gasteiger partial charge is 0.508 e. The molecule has 0 radical (unpaired) electrons. The van der Waals surface area contributed by atoms with Gasteiger partial charge >= 0.3 is 11.9 Å². The van der Waals surface area contributed by atoms with Gasteiger partial charge in [0.15, 0.2) is 0 Å². The van der Waals surface area contributed by atoms with Crippen molar-refractivity contribution >= 4 is 17.7 Å². The van der Waals surface area contributed by atoms with Crippen LogP contribution in [0.1, 0.15) is 90.2 Å². The summed E-state index contributed by atoms with van der Waals surface area (Å²) in [7, 11) is 0. The Morgan fingerprint density at radius 1 is 0.870 bits per heavy atom. The van der Waals surface area contributed by atoms with Crippen LogP contribution in [0, 0.1) is 29.6 Å². The highest BCUT2D eigenvalue weighted by atomic mass is 16.6. The molecule has 8 atom stereocenters. The number of Topliss-reactive ketones (excluding diaryl/α,β-unsaturated/α-hetero) is 1. The molecule has 2 aliphatic carbocycles. The number of benzene rings is 3. The second kappa shape index (κ2) is 14.4. The van der Waals surface area contributed by atoms with E-state index in [1.165, 1.54) is 24.3 Å². The lowest BCUT2D eigenvalue weighted by Gasteiger charge is -2.52. The first-order chi connectivity index (χ1) is 26.0. The second-order valence-electron chi connectivity index (χ2n) is 15.7. The molecular weight excluding hydrogens is 688 g/mol. The third-order valence-electron chi connectivity index (χ3n) is 12.3. The van der Waals surface area contributed by atoms with Crippen molar-refractivity contribution in [2.24, 2.45) is 17.8 Å². The van der Waals surface area contributed by atoms with Gasteiger partial charge in [0.25, 0.3) is 0 Å². The van der Waals surface area contributed by atoms with Crippen molar-refractivity contribution in [3.8, 4) is 29.1 Å². The molecule has 3 heterocycles. The highest BCUT2D eigenvalue weighted by Crippen LogP contribution is 2.51. The molecule has 10 bridgehead atoms. The SMILES string of the molecule is O=C1CC2C#CC(c3cc(O)cc(CO)c3)CC3=CC(O)Cc4cccc(c4)CC4C(=O)CCC5C4CCCC5(O)C(Cc4cc2c(cc4O)O1)OC3=O. The summed E-state index contributed by atoms with van der Waals surface area (Å²) < 4.78 is 12.0. The van der Waals surface area contributed by atoms with E-state index in [0.29, 0.717) is 47.9 Å². The van der Waals surface area contributed by atoms with Gasteiger partial charge in [-0.15, -0.1) is 0 Å². The molecule has 2 fully saturated rings. The Morgan fingerprint density at radius 2 is 1.67 bits per heavy atom. The average molecular weight is 733 g/mol. The molecule has 5 N–H and O–H groups in total. The van der Waals surface area contributed by atoms with Crippen molar-refractivity contribution in [1.82, 2.24) is 0 Å². The summed E-state index contributed by atoms with van der Waals surface area (Å²) in [6, 6.07) is 15.5. The topological polar surface area (TPSA) is 171 Å². The molecular formula is C44H44O10. The molecule has 10 nitrogen and oxygen atoms in total. The zero-order chi connectivity index (χ0) is 37.7. The highest BCUT2D eigenvalue weighted by molar-refractivity contribution is 5.89. The number of aliphatic hydroxyl groups excluding tert-OH is 2. The summed E-state index contributed by atoms with van der Waals surface area (Å²) in [4.78, 5) is 41.1. The van der Waals surface area contributed by atoms with Gasteiger partial charge in [-0.2, -0.15) is 0 Å². The Morgan fingerprint density at radius 3 is 2.48 bits per heavy atom. The molecule has 8 rings (SSSR count). The number of hydrogen-bond acceptors (Lipinski definition) is 10. The van der Waals surface area contributed by atoms with Gasteiger partial charge in [-0.1, -0.05) is 48.6 Å². The molecule has 0 saturated heterocycles. The Bertz CT molecular complexity index is 2110. The fourth-order valence-corrected chi connectivity index (χ4v) is 9.72. The normalized spacial score (nSPS) is 30.8. The number of carbonyl (C=O) groups is 3. The molecule has 5 aliphatic rings. The Balaban J connectivity index is 1.33. The zero-order valence-corrected chi connectivity index (χ0v) is 29.9. The lowest BCUT2D eigenvalue weighted by atomic mass is 9.56. The first-order valence-corrected chi connectivity index (χ1v) is 18.9. The molecule has 3 aromatic rings. The summed E-state index contributed by atoms with van der Waals surface area (Å²) in [5.41, 5.74) is 2.20. The summed E-state index contributed by atoms with van der Waals surface area (Å²) in [6.07, 6.45) is 2.00. The maximum Gasteiger partial charge on any atom is 0.334 e. The van der Waals surface area contributed by atoms with Gasteiger partial charge in [-0.25, -0.2) is 4.79 Å². The lowest BCUT2D eigenvalue weighted by molar-refractivity contribution is -0.191. The number of fused-ring (bicyclic) bond motifs is 7.